The Balaban J connectivity index is 1.66. The molecule has 0 saturated carbocycles. The second kappa shape index (κ2) is 8.24. The second-order valence-corrected chi connectivity index (χ2v) is 8.78. The fourth-order valence-corrected chi connectivity index (χ4v) is 4.66. The number of aromatic nitrogens is 2. The number of nitrogens with one attached hydrogen (secondary N) is 1. The first-order chi connectivity index (χ1) is 15.4. The zero-order valence-corrected chi connectivity index (χ0v) is 18.7. The fourth-order valence-electron chi connectivity index (χ4n) is 4.02. The molecule has 0 bridgehead atoms. The molecule has 0 fully saturated rings. The van der Waals surface area contributed by atoms with E-state index in [1.54, 1.807) is 41.3 Å². The molecular formula is C24H15Cl3FN3O. The van der Waals surface area contributed by atoms with Gasteiger partial charge < -0.3 is 4.90 Å². The molecule has 2 heterocycles. The predicted molar refractivity (Wildman–Crippen MR) is 124 cm³/mol. The minimum atomic E-state index is -0.503. The molecule has 0 saturated heterocycles. The van der Waals surface area contributed by atoms with Crippen LogP contribution in [0.1, 0.15) is 33.2 Å². The standard InChI is InChI=1S/C24H15Cl3FN3O/c25-15-5-3-14(4-6-15)21-20-22(30-29-21)24(32)31(12-13-1-8-17(28)9-2-13)23(20)18-10-7-16(26)11-19(18)27/h1-11,23H,12H2,(H,29,30). The van der Waals surface area contributed by atoms with Gasteiger partial charge in [0.2, 0.25) is 0 Å². The molecule has 4 nitrogen and oxygen atoms in total. The van der Waals surface area contributed by atoms with E-state index in [0.717, 1.165) is 22.3 Å². The van der Waals surface area contributed by atoms with Crippen LogP contribution in [0.15, 0.2) is 66.7 Å². The lowest BCUT2D eigenvalue weighted by Crippen LogP contribution is -2.29. The predicted octanol–water partition coefficient (Wildman–Crippen LogP) is 6.92. The van der Waals surface area contributed by atoms with Gasteiger partial charge in [0.1, 0.15) is 11.5 Å². The van der Waals surface area contributed by atoms with Gasteiger partial charge in [-0.3, -0.25) is 9.89 Å². The summed E-state index contributed by atoms with van der Waals surface area (Å²) < 4.78 is 13.4. The SMILES string of the molecule is O=C1c2[nH]nc(-c3ccc(Cl)cc3)c2C(c2ccc(Cl)cc2Cl)N1Cc1ccc(F)cc1. The van der Waals surface area contributed by atoms with Crippen LogP contribution in [0.3, 0.4) is 0 Å². The van der Waals surface area contributed by atoms with Crippen LogP contribution in [0.2, 0.25) is 15.1 Å². The molecule has 3 aromatic carbocycles. The highest BCUT2D eigenvalue weighted by atomic mass is 35.5. The van der Waals surface area contributed by atoms with Crippen LogP contribution in [0.25, 0.3) is 11.3 Å². The number of H-pyrrole nitrogens is 1. The first-order valence-electron chi connectivity index (χ1n) is 9.77. The van der Waals surface area contributed by atoms with E-state index < -0.39 is 6.04 Å². The highest BCUT2D eigenvalue weighted by Gasteiger charge is 2.42. The summed E-state index contributed by atoms with van der Waals surface area (Å²) in [6.45, 7) is 0.269. The Morgan fingerprint density at radius 2 is 1.62 bits per heavy atom. The summed E-state index contributed by atoms with van der Waals surface area (Å²) in [4.78, 5) is 15.1. The van der Waals surface area contributed by atoms with Gasteiger partial charge in [-0.15, -0.1) is 0 Å². The van der Waals surface area contributed by atoms with Gasteiger partial charge in [0, 0.05) is 32.7 Å². The zero-order chi connectivity index (χ0) is 22.4. The number of carbonyl (C=O) groups is 1. The zero-order valence-electron chi connectivity index (χ0n) is 16.4. The van der Waals surface area contributed by atoms with E-state index in [2.05, 4.69) is 10.2 Å². The molecule has 1 atom stereocenters. The number of halogens is 4. The van der Waals surface area contributed by atoms with Crippen molar-refractivity contribution in [3.8, 4) is 11.3 Å². The molecule has 160 valence electrons. The minimum absolute atomic E-state index is 0.215. The fraction of sp³-hybridized carbons (Fsp3) is 0.0833. The maximum absolute atomic E-state index is 13.4. The van der Waals surface area contributed by atoms with Gasteiger partial charge in [0.15, 0.2) is 0 Å². The van der Waals surface area contributed by atoms with Crippen LogP contribution in [0, 0.1) is 5.82 Å². The summed E-state index contributed by atoms with van der Waals surface area (Å²) in [6.07, 6.45) is 0. The molecular weight excluding hydrogens is 472 g/mol. The van der Waals surface area contributed by atoms with Gasteiger partial charge in [-0.2, -0.15) is 5.10 Å². The normalized spacial score (nSPS) is 15.3. The Kier molecular flexibility index (Phi) is 5.41. The smallest absolute Gasteiger partial charge is 0.273 e. The van der Waals surface area contributed by atoms with Crippen molar-refractivity contribution in [3.63, 3.8) is 0 Å². The van der Waals surface area contributed by atoms with Gasteiger partial charge in [-0.05, 0) is 47.5 Å². The molecule has 32 heavy (non-hydrogen) atoms. The van der Waals surface area contributed by atoms with Crippen LogP contribution >= 0.6 is 34.8 Å². The lowest BCUT2D eigenvalue weighted by atomic mass is 9.96. The first kappa shape index (κ1) is 21.0. The Morgan fingerprint density at radius 3 is 2.31 bits per heavy atom. The van der Waals surface area contributed by atoms with E-state index in [-0.39, 0.29) is 18.3 Å². The van der Waals surface area contributed by atoms with Crippen LogP contribution in [0.4, 0.5) is 4.39 Å². The number of aromatic amines is 1. The highest BCUT2D eigenvalue weighted by Crippen LogP contribution is 2.45. The van der Waals surface area contributed by atoms with Crippen LogP contribution in [-0.2, 0) is 6.54 Å². The molecule has 0 aliphatic carbocycles. The molecule has 0 spiro atoms. The van der Waals surface area contributed by atoms with E-state index in [1.165, 1.54) is 12.1 Å². The number of hydrogen-bond donors (Lipinski definition) is 1. The third kappa shape index (κ3) is 3.66. The lowest BCUT2D eigenvalue weighted by Gasteiger charge is -2.27. The lowest BCUT2D eigenvalue weighted by molar-refractivity contribution is 0.0730. The number of hydrogen-bond acceptors (Lipinski definition) is 2. The van der Waals surface area contributed by atoms with Crippen molar-refractivity contribution in [2.24, 2.45) is 0 Å². The monoisotopic (exact) mass is 485 g/mol. The van der Waals surface area contributed by atoms with E-state index in [0.29, 0.717) is 26.5 Å². The third-order valence-electron chi connectivity index (χ3n) is 5.50. The minimum Gasteiger partial charge on any atom is -0.322 e. The summed E-state index contributed by atoms with van der Waals surface area (Å²) in [5.74, 6) is -0.550. The summed E-state index contributed by atoms with van der Waals surface area (Å²) in [5, 5.41) is 8.87. The summed E-state index contributed by atoms with van der Waals surface area (Å²) in [6, 6.07) is 18.0. The second-order valence-electron chi connectivity index (χ2n) is 7.50. The summed E-state index contributed by atoms with van der Waals surface area (Å²) in [7, 11) is 0. The quantitative estimate of drug-likeness (QED) is 0.340. The molecule has 5 rings (SSSR count). The largest absolute Gasteiger partial charge is 0.322 e. The molecule has 1 N–H and O–H groups in total. The van der Waals surface area contributed by atoms with E-state index in [1.807, 2.05) is 18.2 Å². The van der Waals surface area contributed by atoms with Crippen molar-refractivity contribution in [1.29, 1.82) is 0 Å². The van der Waals surface area contributed by atoms with Gasteiger partial charge in [-0.25, -0.2) is 4.39 Å². The molecule has 4 aromatic rings. The molecule has 0 radical (unpaired) electrons. The summed E-state index contributed by atoms with van der Waals surface area (Å²) >= 11 is 18.8. The third-order valence-corrected chi connectivity index (χ3v) is 6.32. The van der Waals surface area contributed by atoms with Crippen LogP contribution in [0.5, 0.6) is 0 Å². The average Bonchev–Trinajstić information content (AvgIpc) is 3.31. The highest BCUT2D eigenvalue weighted by molar-refractivity contribution is 6.35. The van der Waals surface area contributed by atoms with Crippen molar-refractivity contribution in [2.75, 3.05) is 0 Å². The average molecular weight is 487 g/mol. The molecule has 1 unspecified atom stereocenters. The number of rotatable bonds is 4. The Labute approximate surface area is 198 Å². The van der Waals surface area contributed by atoms with Crippen molar-refractivity contribution in [3.05, 3.63) is 110 Å². The summed E-state index contributed by atoms with van der Waals surface area (Å²) in [5.41, 5.74) is 4.10. The van der Waals surface area contributed by atoms with Crippen LogP contribution < -0.4 is 0 Å². The first-order valence-corrected chi connectivity index (χ1v) is 10.9. The van der Waals surface area contributed by atoms with Crippen molar-refractivity contribution in [1.82, 2.24) is 15.1 Å². The van der Waals surface area contributed by atoms with Gasteiger partial charge in [-0.1, -0.05) is 65.1 Å². The number of carbonyl (C=O) groups excluding carboxylic acids is 1. The maximum Gasteiger partial charge on any atom is 0.273 e. The Hall–Kier alpha value is -2.86. The topological polar surface area (TPSA) is 49.0 Å². The molecule has 1 aromatic heterocycles. The number of fused-ring (bicyclic) bond motifs is 1. The van der Waals surface area contributed by atoms with E-state index >= 15 is 0 Å². The van der Waals surface area contributed by atoms with Gasteiger partial charge >= 0.3 is 0 Å². The van der Waals surface area contributed by atoms with E-state index in [9.17, 15) is 9.18 Å². The van der Waals surface area contributed by atoms with Crippen molar-refractivity contribution in [2.45, 2.75) is 12.6 Å². The number of benzene rings is 3. The maximum atomic E-state index is 13.4. The van der Waals surface area contributed by atoms with E-state index in [4.69, 9.17) is 34.8 Å². The molecule has 1 amide bonds. The molecule has 1 aliphatic rings. The van der Waals surface area contributed by atoms with Crippen LogP contribution in [-0.4, -0.2) is 21.0 Å². The Morgan fingerprint density at radius 1 is 0.938 bits per heavy atom. The number of nitrogens with zero attached hydrogens (tertiary/aromatic N) is 2. The van der Waals surface area contributed by atoms with Gasteiger partial charge in [0.05, 0.1) is 11.7 Å². The van der Waals surface area contributed by atoms with Crippen molar-refractivity contribution < 1.29 is 9.18 Å². The Bertz CT molecular complexity index is 1320. The molecule has 8 heteroatoms. The number of amides is 1. The molecule has 1 aliphatic heterocycles. The van der Waals surface area contributed by atoms with Gasteiger partial charge in [0.25, 0.3) is 5.91 Å². The van der Waals surface area contributed by atoms with Crippen molar-refractivity contribution >= 4 is 40.7 Å².